The summed E-state index contributed by atoms with van der Waals surface area (Å²) in [6.07, 6.45) is 6.06. The number of nitrogens with zero attached hydrogens (tertiary/aromatic N) is 1. The Morgan fingerprint density at radius 2 is 2.00 bits per heavy atom. The van der Waals surface area contributed by atoms with Gasteiger partial charge in [0.25, 0.3) is 0 Å². The second-order valence-electron chi connectivity index (χ2n) is 3.33. The van der Waals surface area contributed by atoms with Gasteiger partial charge in [-0.2, -0.15) is 0 Å². The summed E-state index contributed by atoms with van der Waals surface area (Å²) in [5.74, 6) is 0.208. The van der Waals surface area contributed by atoms with E-state index in [0.29, 0.717) is 6.42 Å². The van der Waals surface area contributed by atoms with Crippen molar-refractivity contribution in [3.8, 4) is 0 Å². The molecule has 0 radical (unpaired) electrons. The number of hydrogen-bond acceptors (Lipinski definition) is 2. The molecule has 0 aromatic carbocycles. The van der Waals surface area contributed by atoms with E-state index in [4.69, 9.17) is 0 Å². The molecular formula is C10H18N2O. The number of rotatable bonds is 1. The maximum absolute atomic E-state index is 10.7. The molecule has 13 heavy (non-hydrogen) atoms. The first-order chi connectivity index (χ1) is 6.34. The summed E-state index contributed by atoms with van der Waals surface area (Å²) >= 11 is 0. The highest BCUT2D eigenvalue weighted by Crippen LogP contribution is 2.08. The normalized spacial score (nSPS) is 21.2. The molecule has 3 nitrogen and oxygen atoms in total. The van der Waals surface area contributed by atoms with Crippen molar-refractivity contribution in [3.05, 3.63) is 12.8 Å². The Balaban J connectivity index is 0.000000145. The molecule has 0 atom stereocenters. The van der Waals surface area contributed by atoms with Crippen molar-refractivity contribution >= 4 is 5.91 Å². The fourth-order valence-corrected chi connectivity index (χ4v) is 1.49. The van der Waals surface area contributed by atoms with Crippen LogP contribution in [0.5, 0.6) is 0 Å². The number of amides is 1. The zero-order valence-corrected chi connectivity index (χ0v) is 8.09. The van der Waals surface area contributed by atoms with E-state index in [1.807, 2.05) is 0 Å². The van der Waals surface area contributed by atoms with Crippen molar-refractivity contribution in [2.24, 2.45) is 0 Å². The summed E-state index contributed by atoms with van der Waals surface area (Å²) in [6, 6.07) is 0. The van der Waals surface area contributed by atoms with Gasteiger partial charge >= 0.3 is 0 Å². The molecule has 0 bridgehead atoms. The highest BCUT2D eigenvalue weighted by molar-refractivity contribution is 5.78. The Hall–Kier alpha value is -0.830. The topological polar surface area (TPSA) is 32.3 Å². The van der Waals surface area contributed by atoms with Gasteiger partial charge in [-0.25, -0.2) is 0 Å². The smallest absolute Gasteiger partial charge is 0.226 e. The van der Waals surface area contributed by atoms with E-state index >= 15 is 0 Å². The van der Waals surface area contributed by atoms with E-state index in [0.717, 1.165) is 13.0 Å². The van der Waals surface area contributed by atoms with Crippen LogP contribution in [0.4, 0.5) is 0 Å². The SMILES string of the molecule is C1CCNC1.C=CN1CCCC1=O. The Labute approximate surface area is 79.8 Å². The molecule has 1 N–H and O–H groups in total. The van der Waals surface area contributed by atoms with Gasteiger partial charge in [-0.05, 0) is 38.6 Å². The van der Waals surface area contributed by atoms with Gasteiger partial charge < -0.3 is 10.2 Å². The third-order valence-electron chi connectivity index (χ3n) is 2.29. The van der Waals surface area contributed by atoms with Gasteiger partial charge in [0, 0.05) is 13.0 Å². The number of carbonyl (C=O) groups is 1. The fourth-order valence-electron chi connectivity index (χ4n) is 1.49. The lowest BCUT2D eigenvalue weighted by atomic mass is 10.4. The van der Waals surface area contributed by atoms with Gasteiger partial charge in [-0.15, -0.1) is 0 Å². The first-order valence-corrected chi connectivity index (χ1v) is 4.97. The highest BCUT2D eigenvalue weighted by atomic mass is 16.2. The predicted octanol–water partition coefficient (Wildman–Crippen LogP) is 1.12. The van der Waals surface area contributed by atoms with Crippen LogP contribution in [0.25, 0.3) is 0 Å². The summed E-state index contributed by atoms with van der Waals surface area (Å²) < 4.78 is 0. The Kier molecular flexibility index (Phi) is 4.54. The number of likely N-dealkylation sites (tertiary alicyclic amines) is 1. The minimum Gasteiger partial charge on any atom is -0.320 e. The maximum Gasteiger partial charge on any atom is 0.226 e. The molecule has 0 saturated carbocycles. The molecule has 0 aromatic rings. The Morgan fingerprint density at radius 3 is 2.23 bits per heavy atom. The van der Waals surface area contributed by atoms with Crippen molar-refractivity contribution in [1.29, 1.82) is 0 Å². The summed E-state index contributed by atoms with van der Waals surface area (Å²) in [7, 11) is 0. The van der Waals surface area contributed by atoms with Crippen LogP contribution in [0.15, 0.2) is 12.8 Å². The number of carbonyl (C=O) groups excluding carboxylic acids is 1. The van der Waals surface area contributed by atoms with E-state index in [1.54, 1.807) is 11.1 Å². The quantitative estimate of drug-likeness (QED) is 0.659. The lowest BCUT2D eigenvalue weighted by Crippen LogP contribution is -2.16. The number of nitrogens with one attached hydrogen (secondary N) is 1. The van der Waals surface area contributed by atoms with Crippen molar-refractivity contribution in [3.63, 3.8) is 0 Å². The van der Waals surface area contributed by atoms with Gasteiger partial charge in [0.15, 0.2) is 0 Å². The molecule has 2 aliphatic rings. The van der Waals surface area contributed by atoms with Gasteiger partial charge in [-0.1, -0.05) is 6.58 Å². The van der Waals surface area contributed by atoms with Gasteiger partial charge in [0.1, 0.15) is 0 Å². The third-order valence-corrected chi connectivity index (χ3v) is 2.29. The third kappa shape index (κ3) is 3.59. The Morgan fingerprint density at radius 1 is 1.31 bits per heavy atom. The molecule has 0 spiro atoms. The minimum atomic E-state index is 0.208. The van der Waals surface area contributed by atoms with Gasteiger partial charge in [0.2, 0.25) is 5.91 Å². The monoisotopic (exact) mass is 182 g/mol. The van der Waals surface area contributed by atoms with Crippen LogP contribution < -0.4 is 5.32 Å². The summed E-state index contributed by atoms with van der Waals surface area (Å²) in [6.45, 7) is 6.86. The van der Waals surface area contributed by atoms with E-state index < -0.39 is 0 Å². The Bertz CT molecular complexity index is 168. The van der Waals surface area contributed by atoms with Crippen LogP contribution in [0.1, 0.15) is 25.7 Å². The predicted molar refractivity (Wildman–Crippen MR) is 53.2 cm³/mol. The lowest BCUT2D eigenvalue weighted by Gasteiger charge is -2.05. The summed E-state index contributed by atoms with van der Waals surface area (Å²) in [4.78, 5) is 12.3. The lowest BCUT2D eigenvalue weighted by molar-refractivity contribution is -0.125. The first kappa shape index (κ1) is 10.3. The summed E-state index contributed by atoms with van der Waals surface area (Å²) in [5, 5.41) is 3.22. The molecule has 1 amide bonds. The van der Waals surface area contributed by atoms with Gasteiger partial charge in [-0.3, -0.25) is 4.79 Å². The van der Waals surface area contributed by atoms with Crippen LogP contribution in [0.2, 0.25) is 0 Å². The van der Waals surface area contributed by atoms with Crippen molar-refractivity contribution in [2.75, 3.05) is 19.6 Å². The second kappa shape index (κ2) is 5.75. The zero-order chi connectivity index (χ0) is 9.52. The molecule has 0 aromatic heterocycles. The van der Waals surface area contributed by atoms with Gasteiger partial charge in [0.05, 0.1) is 0 Å². The fraction of sp³-hybridized carbons (Fsp3) is 0.700. The van der Waals surface area contributed by atoms with Crippen molar-refractivity contribution in [2.45, 2.75) is 25.7 Å². The molecule has 0 unspecified atom stereocenters. The number of hydrogen-bond donors (Lipinski definition) is 1. The van der Waals surface area contributed by atoms with Crippen LogP contribution >= 0.6 is 0 Å². The van der Waals surface area contributed by atoms with Crippen LogP contribution in [0.3, 0.4) is 0 Å². The minimum absolute atomic E-state index is 0.208. The first-order valence-electron chi connectivity index (χ1n) is 4.97. The largest absolute Gasteiger partial charge is 0.320 e. The molecule has 74 valence electrons. The van der Waals surface area contributed by atoms with Crippen LogP contribution in [-0.4, -0.2) is 30.4 Å². The molecule has 2 heterocycles. The van der Waals surface area contributed by atoms with E-state index in [-0.39, 0.29) is 5.91 Å². The summed E-state index contributed by atoms with van der Waals surface area (Å²) in [5.41, 5.74) is 0. The van der Waals surface area contributed by atoms with Crippen LogP contribution in [-0.2, 0) is 4.79 Å². The zero-order valence-electron chi connectivity index (χ0n) is 8.09. The standard InChI is InChI=1S/C6H9NO.C4H9N/c1-2-7-5-3-4-6(7)8;1-2-4-5-3-1/h2H,1,3-5H2;5H,1-4H2. The highest BCUT2D eigenvalue weighted by Gasteiger charge is 2.15. The van der Waals surface area contributed by atoms with E-state index in [2.05, 4.69) is 11.9 Å². The second-order valence-corrected chi connectivity index (χ2v) is 3.33. The molecule has 2 fully saturated rings. The molecule has 2 aliphatic heterocycles. The molecule has 3 heteroatoms. The maximum atomic E-state index is 10.7. The average Bonchev–Trinajstić information content (AvgIpc) is 2.76. The molecular weight excluding hydrogens is 164 g/mol. The molecule has 0 aliphatic carbocycles. The molecule has 2 rings (SSSR count). The van der Waals surface area contributed by atoms with E-state index in [1.165, 1.54) is 25.9 Å². The average molecular weight is 182 g/mol. The molecule has 2 saturated heterocycles. The van der Waals surface area contributed by atoms with Crippen molar-refractivity contribution in [1.82, 2.24) is 10.2 Å². The van der Waals surface area contributed by atoms with Crippen LogP contribution in [0, 0.1) is 0 Å². The van der Waals surface area contributed by atoms with Crippen molar-refractivity contribution < 1.29 is 4.79 Å². The van der Waals surface area contributed by atoms with E-state index in [9.17, 15) is 4.79 Å².